The van der Waals surface area contributed by atoms with E-state index in [0.717, 1.165) is 29.2 Å². The standard InChI is InChI=1S/C15H5F8N5O/c16-13(17,15(21,22)23)10-3-7(14(18,19)20)6-1-2-28-9(11(6)25-10)4-8(27-28)12-26-24-5-29-12/h1-5H. The molecule has 0 spiro atoms. The number of nitrogens with zero attached hydrogens (tertiary/aromatic N) is 5. The average molecular weight is 423 g/mol. The molecule has 0 saturated carbocycles. The van der Waals surface area contributed by atoms with Crippen LogP contribution in [0.2, 0.25) is 0 Å². The number of fused-ring (bicyclic) bond motifs is 3. The van der Waals surface area contributed by atoms with Crippen LogP contribution >= 0.6 is 0 Å². The van der Waals surface area contributed by atoms with Crippen LogP contribution in [0.5, 0.6) is 0 Å². The molecule has 0 aliphatic carbocycles. The van der Waals surface area contributed by atoms with Gasteiger partial charge in [-0.3, -0.25) is 0 Å². The molecule has 0 fully saturated rings. The fraction of sp³-hybridized carbons (Fsp3) is 0.200. The van der Waals surface area contributed by atoms with Crippen LogP contribution in [0.25, 0.3) is 28.0 Å². The fourth-order valence-electron chi connectivity index (χ4n) is 2.68. The SMILES string of the molecule is FC(F)(F)c1cc(C(F)(F)C(F)(F)F)nc2c1ccn1nc(-c3nnco3)cc21. The molecule has 6 nitrogen and oxygen atoms in total. The van der Waals surface area contributed by atoms with E-state index in [1.807, 2.05) is 0 Å². The molecule has 0 amide bonds. The van der Waals surface area contributed by atoms with Crippen molar-refractivity contribution in [3.05, 3.63) is 42.0 Å². The predicted octanol–water partition coefficient (Wildman–Crippen LogP) is 4.61. The summed E-state index contributed by atoms with van der Waals surface area (Å²) < 4.78 is 112. The summed E-state index contributed by atoms with van der Waals surface area (Å²) in [6.07, 6.45) is -9.35. The normalized spacial score (nSPS) is 13.5. The molecule has 0 atom stereocenters. The third kappa shape index (κ3) is 2.94. The van der Waals surface area contributed by atoms with E-state index in [0.29, 0.717) is 0 Å². The summed E-state index contributed by atoms with van der Waals surface area (Å²) >= 11 is 0. The van der Waals surface area contributed by atoms with E-state index in [-0.39, 0.29) is 23.2 Å². The van der Waals surface area contributed by atoms with Gasteiger partial charge < -0.3 is 4.42 Å². The quantitative estimate of drug-likeness (QED) is 0.441. The number of hydrogen-bond donors (Lipinski definition) is 0. The first-order valence-electron chi connectivity index (χ1n) is 7.51. The summed E-state index contributed by atoms with van der Waals surface area (Å²) in [6, 6.07) is 1.64. The summed E-state index contributed by atoms with van der Waals surface area (Å²) in [6.45, 7) is 0. The molecule has 14 heteroatoms. The zero-order valence-corrected chi connectivity index (χ0v) is 13.6. The van der Waals surface area contributed by atoms with E-state index in [2.05, 4.69) is 20.3 Å². The zero-order valence-electron chi connectivity index (χ0n) is 13.6. The molecule has 4 aromatic rings. The first-order chi connectivity index (χ1) is 13.4. The van der Waals surface area contributed by atoms with Crippen LogP contribution < -0.4 is 0 Å². The molecule has 0 aromatic carbocycles. The number of halogens is 8. The lowest BCUT2D eigenvalue weighted by Gasteiger charge is -2.21. The largest absolute Gasteiger partial charge is 0.459 e. The molecule has 0 aliphatic rings. The molecule has 0 radical (unpaired) electrons. The molecule has 0 unspecified atom stereocenters. The Kier molecular flexibility index (Phi) is 3.83. The van der Waals surface area contributed by atoms with Crippen LogP contribution in [0, 0.1) is 0 Å². The third-order valence-corrected chi connectivity index (χ3v) is 3.98. The number of alkyl halides is 8. The Hall–Kier alpha value is -3.32. The second-order valence-electron chi connectivity index (χ2n) is 5.81. The summed E-state index contributed by atoms with van der Waals surface area (Å²) in [5.41, 5.74) is -4.83. The van der Waals surface area contributed by atoms with E-state index in [1.54, 1.807) is 0 Å². The number of hydrogen-bond acceptors (Lipinski definition) is 5. The Bertz CT molecular complexity index is 1210. The summed E-state index contributed by atoms with van der Waals surface area (Å²) in [5.74, 6) is -5.75. The number of aromatic nitrogens is 5. The van der Waals surface area contributed by atoms with Crippen LogP contribution in [0.3, 0.4) is 0 Å². The first-order valence-corrected chi connectivity index (χ1v) is 7.51. The van der Waals surface area contributed by atoms with Gasteiger partial charge >= 0.3 is 18.3 Å². The van der Waals surface area contributed by atoms with Crippen molar-refractivity contribution < 1.29 is 39.5 Å². The molecule has 4 aromatic heterocycles. The van der Waals surface area contributed by atoms with Gasteiger partial charge in [-0.25, -0.2) is 9.50 Å². The predicted molar refractivity (Wildman–Crippen MR) is 78.7 cm³/mol. The highest BCUT2D eigenvalue weighted by atomic mass is 19.4. The van der Waals surface area contributed by atoms with Crippen molar-refractivity contribution in [2.45, 2.75) is 18.3 Å². The highest BCUT2D eigenvalue weighted by Crippen LogP contribution is 2.46. The topological polar surface area (TPSA) is 69.1 Å². The molecular formula is C15H5F8N5O. The minimum absolute atomic E-state index is 0.0432. The van der Waals surface area contributed by atoms with E-state index in [9.17, 15) is 35.1 Å². The van der Waals surface area contributed by atoms with Crippen LogP contribution in [-0.2, 0) is 12.1 Å². The van der Waals surface area contributed by atoms with Crippen LogP contribution in [-0.4, -0.2) is 31.0 Å². The molecule has 0 saturated heterocycles. The van der Waals surface area contributed by atoms with Gasteiger partial charge in [0.05, 0.1) is 16.6 Å². The Morgan fingerprint density at radius 2 is 1.69 bits per heavy atom. The molecule has 4 heterocycles. The highest BCUT2D eigenvalue weighted by molar-refractivity contribution is 5.95. The van der Waals surface area contributed by atoms with Gasteiger partial charge in [0.2, 0.25) is 6.39 Å². The number of pyridine rings is 2. The second-order valence-corrected chi connectivity index (χ2v) is 5.81. The third-order valence-electron chi connectivity index (χ3n) is 3.98. The zero-order chi connectivity index (χ0) is 21.2. The van der Waals surface area contributed by atoms with Gasteiger partial charge in [-0.2, -0.15) is 40.2 Å². The lowest BCUT2D eigenvalue weighted by molar-refractivity contribution is -0.291. The van der Waals surface area contributed by atoms with Crippen LogP contribution in [0.15, 0.2) is 35.2 Å². The van der Waals surface area contributed by atoms with Gasteiger partial charge in [-0.05, 0) is 18.2 Å². The molecule has 0 bridgehead atoms. The molecule has 29 heavy (non-hydrogen) atoms. The van der Waals surface area contributed by atoms with Crippen molar-refractivity contribution in [3.63, 3.8) is 0 Å². The average Bonchev–Trinajstić information content (AvgIpc) is 3.27. The molecule has 0 N–H and O–H groups in total. The lowest BCUT2D eigenvalue weighted by Crippen LogP contribution is -2.35. The van der Waals surface area contributed by atoms with Gasteiger partial charge in [0.15, 0.2) is 5.69 Å². The van der Waals surface area contributed by atoms with Crippen molar-refractivity contribution >= 4 is 16.4 Å². The monoisotopic (exact) mass is 423 g/mol. The molecule has 0 aliphatic heterocycles. The van der Waals surface area contributed by atoms with Crippen molar-refractivity contribution in [3.8, 4) is 11.6 Å². The Balaban J connectivity index is 2.08. The van der Waals surface area contributed by atoms with Gasteiger partial charge in [-0.1, -0.05) is 0 Å². The smallest absolute Gasteiger partial charge is 0.422 e. The Morgan fingerprint density at radius 3 is 2.28 bits per heavy atom. The van der Waals surface area contributed by atoms with Gasteiger partial charge in [-0.15, -0.1) is 10.2 Å². The van der Waals surface area contributed by atoms with Crippen molar-refractivity contribution in [1.82, 2.24) is 24.8 Å². The molecule has 4 rings (SSSR count). The maximum Gasteiger partial charge on any atom is 0.459 e. The van der Waals surface area contributed by atoms with Crippen molar-refractivity contribution in [2.75, 3.05) is 0 Å². The summed E-state index contributed by atoms with van der Waals surface area (Å²) in [4.78, 5) is 3.21. The second kappa shape index (κ2) is 5.84. The fourth-order valence-corrected chi connectivity index (χ4v) is 2.68. The van der Waals surface area contributed by atoms with Crippen LogP contribution in [0.4, 0.5) is 35.1 Å². The first kappa shape index (κ1) is 19.0. The lowest BCUT2D eigenvalue weighted by atomic mass is 10.0. The minimum atomic E-state index is -6.14. The maximum absolute atomic E-state index is 13.8. The van der Waals surface area contributed by atoms with E-state index >= 15 is 0 Å². The van der Waals surface area contributed by atoms with Gasteiger partial charge in [0, 0.05) is 11.6 Å². The number of rotatable bonds is 2. The van der Waals surface area contributed by atoms with E-state index < -0.39 is 40.4 Å². The van der Waals surface area contributed by atoms with Crippen LogP contribution in [0.1, 0.15) is 11.3 Å². The van der Waals surface area contributed by atoms with Gasteiger partial charge in [0.25, 0.3) is 5.89 Å². The van der Waals surface area contributed by atoms with Crippen molar-refractivity contribution in [1.29, 1.82) is 0 Å². The Morgan fingerprint density at radius 1 is 0.966 bits per heavy atom. The molecule has 152 valence electrons. The molecular weight excluding hydrogens is 418 g/mol. The van der Waals surface area contributed by atoms with Crippen molar-refractivity contribution in [2.24, 2.45) is 0 Å². The van der Waals surface area contributed by atoms with E-state index in [1.165, 1.54) is 0 Å². The van der Waals surface area contributed by atoms with Gasteiger partial charge in [0.1, 0.15) is 5.69 Å². The van der Waals surface area contributed by atoms with E-state index in [4.69, 9.17) is 4.42 Å². The highest BCUT2D eigenvalue weighted by Gasteiger charge is 2.60. The Labute approximate surface area is 153 Å². The summed E-state index contributed by atoms with van der Waals surface area (Å²) in [5, 5.41) is 10.2. The summed E-state index contributed by atoms with van der Waals surface area (Å²) in [7, 11) is 0. The maximum atomic E-state index is 13.8. The minimum Gasteiger partial charge on any atom is -0.422 e.